The zero-order valence-corrected chi connectivity index (χ0v) is 14.6. The van der Waals surface area contributed by atoms with E-state index in [1.54, 1.807) is 6.92 Å². The molecule has 0 aromatic carbocycles. The average molecular weight is 296 g/mol. The van der Waals surface area contributed by atoms with Crippen LogP contribution in [0.1, 0.15) is 73.6 Å². The molecule has 1 rings (SSSR count). The lowest BCUT2D eigenvalue weighted by atomic mass is 9.73. The Morgan fingerprint density at radius 3 is 2.33 bits per heavy atom. The van der Waals surface area contributed by atoms with Crippen LogP contribution in [0.15, 0.2) is 12.2 Å². The van der Waals surface area contributed by atoms with Gasteiger partial charge >= 0.3 is 5.97 Å². The first kappa shape index (κ1) is 18.2. The molecule has 0 fully saturated rings. The van der Waals surface area contributed by atoms with Crippen molar-refractivity contribution in [2.75, 3.05) is 6.61 Å². The molecule has 0 radical (unpaired) electrons. The number of rotatable bonds is 7. The maximum atomic E-state index is 12.2. The van der Waals surface area contributed by atoms with E-state index < -0.39 is 5.60 Å². The maximum Gasteiger partial charge on any atom is 0.342 e. The van der Waals surface area contributed by atoms with Gasteiger partial charge in [0.25, 0.3) is 0 Å². The predicted molar refractivity (Wildman–Crippen MR) is 86.2 cm³/mol. The highest BCUT2D eigenvalue weighted by atomic mass is 16.6. The van der Waals surface area contributed by atoms with Gasteiger partial charge in [-0.05, 0) is 31.8 Å². The van der Waals surface area contributed by atoms with Crippen LogP contribution in [0.2, 0.25) is 0 Å². The summed E-state index contributed by atoms with van der Waals surface area (Å²) in [5, 5.41) is 0. The molecule has 1 heterocycles. The summed E-state index contributed by atoms with van der Waals surface area (Å²) in [5.41, 5.74) is -1.39. The fourth-order valence-corrected chi connectivity index (χ4v) is 2.85. The number of hydrogen-bond acceptors (Lipinski definition) is 3. The SMILES string of the molecule is CCCCCC[C@@]1(C(C)(C)C)C=C[C@@](C)(C(=O)OCC)O1. The van der Waals surface area contributed by atoms with Crippen LogP contribution >= 0.6 is 0 Å². The van der Waals surface area contributed by atoms with Crippen LogP contribution in [0.5, 0.6) is 0 Å². The molecule has 1 aliphatic heterocycles. The van der Waals surface area contributed by atoms with Crippen LogP contribution in [0.3, 0.4) is 0 Å². The van der Waals surface area contributed by atoms with Crippen molar-refractivity contribution in [3.8, 4) is 0 Å². The van der Waals surface area contributed by atoms with E-state index in [1.807, 2.05) is 13.0 Å². The minimum Gasteiger partial charge on any atom is -0.464 e. The van der Waals surface area contributed by atoms with Crippen molar-refractivity contribution >= 4 is 5.97 Å². The Morgan fingerprint density at radius 2 is 1.81 bits per heavy atom. The van der Waals surface area contributed by atoms with Crippen molar-refractivity contribution in [3.63, 3.8) is 0 Å². The average Bonchev–Trinajstić information content (AvgIpc) is 2.75. The number of unbranched alkanes of at least 4 members (excludes halogenated alkanes) is 3. The van der Waals surface area contributed by atoms with Crippen molar-refractivity contribution in [2.24, 2.45) is 5.41 Å². The maximum absolute atomic E-state index is 12.2. The van der Waals surface area contributed by atoms with Crippen molar-refractivity contribution in [3.05, 3.63) is 12.2 Å². The summed E-state index contributed by atoms with van der Waals surface area (Å²) in [6.45, 7) is 12.7. The summed E-state index contributed by atoms with van der Waals surface area (Å²) in [6.07, 6.45) is 9.72. The highest BCUT2D eigenvalue weighted by molar-refractivity contribution is 5.82. The van der Waals surface area contributed by atoms with Gasteiger partial charge in [0.2, 0.25) is 0 Å². The summed E-state index contributed by atoms with van der Waals surface area (Å²) in [5.74, 6) is -0.291. The van der Waals surface area contributed by atoms with Crippen LogP contribution in [0.25, 0.3) is 0 Å². The van der Waals surface area contributed by atoms with Crippen molar-refractivity contribution in [2.45, 2.75) is 84.8 Å². The van der Waals surface area contributed by atoms with Gasteiger partial charge in [-0.1, -0.05) is 59.5 Å². The van der Waals surface area contributed by atoms with Gasteiger partial charge < -0.3 is 9.47 Å². The van der Waals surface area contributed by atoms with Crippen molar-refractivity contribution in [1.82, 2.24) is 0 Å². The van der Waals surface area contributed by atoms with Crippen LogP contribution in [-0.2, 0) is 14.3 Å². The molecule has 3 heteroatoms. The molecule has 0 bridgehead atoms. The molecule has 3 nitrogen and oxygen atoms in total. The molecule has 0 saturated heterocycles. The van der Waals surface area contributed by atoms with E-state index in [-0.39, 0.29) is 17.0 Å². The molecule has 122 valence electrons. The molecule has 0 unspecified atom stereocenters. The van der Waals surface area contributed by atoms with E-state index in [4.69, 9.17) is 9.47 Å². The lowest BCUT2D eigenvalue weighted by molar-refractivity contribution is -0.184. The van der Waals surface area contributed by atoms with E-state index in [0.29, 0.717) is 6.61 Å². The second-order valence-corrected chi connectivity index (χ2v) is 7.21. The number of ether oxygens (including phenoxy) is 2. The monoisotopic (exact) mass is 296 g/mol. The molecule has 0 aromatic heterocycles. The predicted octanol–water partition coefficient (Wildman–Crippen LogP) is 4.65. The summed E-state index contributed by atoms with van der Waals surface area (Å²) in [7, 11) is 0. The number of carbonyl (C=O) groups is 1. The van der Waals surface area contributed by atoms with Crippen LogP contribution in [-0.4, -0.2) is 23.8 Å². The minimum absolute atomic E-state index is 0.0556. The number of carbonyl (C=O) groups excluding carboxylic acids is 1. The molecular weight excluding hydrogens is 264 g/mol. The third-order valence-electron chi connectivity index (χ3n) is 4.42. The highest BCUT2D eigenvalue weighted by Gasteiger charge is 2.52. The molecule has 0 spiro atoms. The van der Waals surface area contributed by atoms with Crippen LogP contribution in [0.4, 0.5) is 0 Å². The Balaban J connectivity index is 2.84. The zero-order chi connectivity index (χ0) is 16.1. The minimum atomic E-state index is -0.950. The standard InChI is InChI=1S/C18H32O3/c1-7-9-10-11-12-18(16(3,4)5)14-13-17(6,21-18)15(19)20-8-2/h13-14H,7-12H2,1-6H3/t17-,18-/m0/s1. The summed E-state index contributed by atoms with van der Waals surface area (Å²) in [4.78, 5) is 12.2. The quantitative estimate of drug-likeness (QED) is 0.390. The second kappa shape index (κ2) is 6.95. The fraction of sp³-hybridized carbons (Fsp3) is 0.833. The first-order chi connectivity index (χ1) is 9.71. The lowest BCUT2D eigenvalue weighted by Gasteiger charge is -2.42. The number of esters is 1. The van der Waals surface area contributed by atoms with Gasteiger partial charge in [-0.25, -0.2) is 4.79 Å². The zero-order valence-electron chi connectivity index (χ0n) is 14.6. The smallest absolute Gasteiger partial charge is 0.342 e. The van der Waals surface area contributed by atoms with E-state index in [9.17, 15) is 4.79 Å². The van der Waals surface area contributed by atoms with Crippen LogP contribution in [0, 0.1) is 5.41 Å². The molecular formula is C18H32O3. The molecule has 2 atom stereocenters. The van der Waals surface area contributed by atoms with E-state index in [1.165, 1.54) is 19.3 Å². The normalized spacial score (nSPS) is 28.9. The van der Waals surface area contributed by atoms with Crippen molar-refractivity contribution < 1.29 is 14.3 Å². The van der Waals surface area contributed by atoms with Crippen molar-refractivity contribution in [1.29, 1.82) is 0 Å². The molecule has 0 aliphatic carbocycles. The Labute approximate surface area is 130 Å². The van der Waals surface area contributed by atoms with Gasteiger partial charge in [0.1, 0.15) is 0 Å². The molecule has 1 aliphatic rings. The Hall–Kier alpha value is -0.830. The molecule has 0 N–H and O–H groups in total. The van der Waals surface area contributed by atoms with Gasteiger partial charge in [0.15, 0.2) is 5.60 Å². The van der Waals surface area contributed by atoms with Gasteiger partial charge in [0, 0.05) is 0 Å². The topological polar surface area (TPSA) is 35.5 Å². The summed E-state index contributed by atoms with van der Waals surface area (Å²) >= 11 is 0. The summed E-state index contributed by atoms with van der Waals surface area (Å²) in [6, 6.07) is 0. The van der Waals surface area contributed by atoms with E-state index in [0.717, 1.165) is 12.8 Å². The third kappa shape index (κ3) is 4.09. The largest absolute Gasteiger partial charge is 0.464 e. The fourth-order valence-electron chi connectivity index (χ4n) is 2.85. The Bertz CT molecular complexity index is 380. The first-order valence-corrected chi connectivity index (χ1v) is 8.28. The molecule has 0 saturated carbocycles. The first-order valence-electron chi connectivity index (χ1n) is 8.28. The van der Waals surface area contributed by atoms with Gasteiger partial charge in [-0.3, -0.25) is 0 Å². The second-order valence-electron chi connectivity index (χ2n) is 7.21. The van der Waals surface area contributed by atoms with Crippen LogP contribution < -0.4 is 0 Å². The Kier molecular flexibility index (Phi) is 6.03. The highest BCUT2D eigenvalue weighted by Crippen LogP contribution is 2.46. The van der Waals surface area contributed by atoms with E-state index >= 15 is 0 Å². The molecule has 21 heavy (non-hydrogen) atoms. The summed E-state index contributed by atoms with van der Waals surface area (Å²) < 4.78 is 11.5. The Morgan fingerprint density at radius 1 is 1.14 bits per heavy atom. The van der Waals surface area contributed by atoms with E-state index in [2.05, 4.69) is 33.8 Å². The molecule has 0 aromatic rings. The van der Waals surface area contributed by atoms with Gasteiger partial charge in [-0.2, -0.15) is 0 Å². The third-order valence-corrected chi connectivity index (χ3v) is 4.42. The number of hydrogen-bond donors (Lipinski definition) is 0. The van der Waals surface area contributed by atoms with Gasteiger partial charge in [-0.15, -0.1) is 0 Å². The lowest BCUT2D eigenvalue weighted by Crippen LogP contribution is -2.48. The molecule has 0 amide bonds. The van der Waals surface area contributed by atoms with Gasteiger partial charge in [0.05, 0.1) is 12.2 Å².